The molecule has 0 saturated carbocycles. The van der Waals surface area contributed by atoms with Gasteiger partial charge in [-0.15, -0.1) is 11.3 Å². The number of imidazole rings is 1. The molecule has 27 heavy (non-hydrogen) atoms. The van der Waals surface area contributed by atoms with Crippen molar-refractivity contribution in [2.45, 2.75) is 5.60 Å². The summed E-state index contributed by atoms with van der Waals surface area (Å²) in [6.07, 6.45) is 1.78. The van der Waals surface area contributed by atoms with E-state index in [1.54, 1.807) is 16.7 Å². The summed E-state index contributed by atoms with van der Waals surface area (Å²) in [5, 5.41) is 16.8. The van der Waals surface area contributed by atoms with Crippen molar-refractivity contribution in [1.82, 2.24) is 9.38 Å². The zero-order valence-corrected chi connectivity index (χ0v) is 15.9. The van der Waals surface area contributed by atoms with E-state index in [0.717, 1.165) is 5.56 Å². The minimum absolute atomic E-state index is 0.272. The second kappa shape index (κ2) is 5.81. The van der Waals surface area contributed by atoms with Gasteiger partial charge in [-0.2, -0.15) is 0 Å². The van der Waals surface area contributed by atoms with Gasteiger partial charge in [0.25, 0.3) is 5.91 Å². The number of halogens is 2. The molecule has 8 heteroatoms. The van der Waals surface area contributed by atoms with Crippen LogP contribution in [0.4, 0.5) is 5.69 Å². The van der Waals surface area contributed by atoms with E-state index in [1.807, 2.05) is 35.7 Å². The highest BCUT2D eigenvalue weighted by atomic mass is 35.5. The maximum Gasteiger partial charge on any atom is 0.267 e. The average Bonchev–Trinajstić information content (AvgIpc) is 3.30. The number of nitrogens with one attached hydrogen (secondary N) is 1. The van der Waals surface area contributed by atoms with E-state index < -0.39 is 11.5 Å². The molecular weight excluding hydrogens is 405 g/mol. The number of carbonyl (C=O) groups is 1. The largest absolute Gasteiger partial charge is 0.370 e. The third-order valence-electron chi connectivity index (χ3n) is 4.66. The molecule has 3 heterocycles. The molecule has 0 fully saturated rings. The summed E-state index contributed by atoms with van der Waals surface area (Å²) in [5.41, 5.74) is 0.387. The van der Waals surface area contributed by atoms with Crippen LogP contribution in [0.2, 0.25) is 10.0 Å². The van der Waals surface area contributed by atoms with Crippen molar-refractivity contribution in [2.75, 3.05) is 5.32 Å². The van der Waals surface area contributed by atoms with E-state index in [0.29, 0.717) is 32.6 Å². The van der Waals surface area contributed by atoms with Gasteiger partial charge in [-0.05, 0) is 12.1 Å². The highest BCUT2D eigenvalue weighted by Gasteiger charge is 2.51. The molecule has 1 atom stereocenters. The molecule has 2 aromatic carbocycles. The molecule has 1 unspecified atom stereocenters. The number of benzene rings is 2. The monoisotopic (exact) mass is 415 g/mol. The maximum absolute atomic E-state index is 13.0. The number of nitrogens with zero attached hydrogens (tertiary/aromatic N) is 2. The van der Waals surface area contributed by atoms with Crippen molar-refractivity contribution in [3.05, 3.63) is 75.3 Å². The second-order valence-corrected chi connectivity index (χ2v) is 7.92. The minimum Gasteiger partial charge on any atom is -0.370 e. The Balaban J connectivity index is 1.87. The Morgan fingerprint density at radius 2 is 1.96 bits per heavy atom. The fraction of sp³-hybridized carbons (Fsp3) is 0.0526. The van der Waals surface area contributed by atoms with E-state index in [-0.39, 0.29) is 5.02 Å². The quantitative estimate of drug-likeness (QED) is 0.504. The third-order valence-corrected chi connectivity index (χ3v) is 5.94. The van der Waals surface area contributed by atoms with Gasteiger partial charge >= 0.3 is 0 Å². The lowest BCUT2D eigenvalue weighted by Crippen LogP contribution is -2.37. The van der Waals surface area contributed by atoms with Crippen molar-refractivity contribution < 1.29 is 9.90 Å². The van der Waals surface area contributed by atoms with Crippen molar-refractivity contribution in [2.24, 2.45) is 0 Å². The maximum atomic E-state index is 13.0. The summed E-state index contributed by atoms with van der Waals surface area (Å²) in [5.74, 6) is -0.591. The minimum atomic E-state index is -1.98. The fourth-order valence-corrected chi connectivity index (χ4v) is 4.73. The van der Waals surface area contributed by atoms with Crippen LogP contribution in [-0.4, -0.2) is 20.4 Å². The van der Waals surface area contributed by atoms with Gasteiger partial charge in [-0.3, -0.25) is 9.20 Å². The van der Waals surface area contributed by atoms with Crippen LogP contribution in [0.15, 0.2) is 54.0 Å². The van der Waals surface area contributed by atoms with Gasteiger partial charge in [0.1, 0.15) is 0 Å². The van der Waals surface area contributed by atoms with E-state index in [2.05, 4.69) is 10.3 Å². The number of hydrogen-bond acceptors (Lipinski definition) is 4. The fourth-order valence-electron chi connectivity index (χ4n) is 3.48. The molecule has 134 valence electrons. The van der Waals surface area contributed by atoms with Crippen LogP contribution in [-0.2, 0) is 10.4 Å². The predicted octanol–water partition coefficient (Wildman–Crippen LogP) is 4.56. The first-order chi connectivity index (χ1) is 13.0. The summed E-state index contributed by atoms with van der Waals surface area (Å²) in [6, 6.07) is 12.5. The number of amides is 1. The Kier molecular flexibility index (Phi) is 3.61. The average molecular weight is 416 g/mol. The summed E-state index contributed by atoms with van der Waals surface area (Å²) in [7, 11) is 0. The van der Waals surface area contributed by atoms with Crippen LogP contribution in [0.1, 0.15) is 11.3 Å². The van der Waals surface area contributed by atoms with Gasteiger partial charge in [-0.1, -0.05) is 53.5 Å². The van der Waals surface area contributed by atoms with Crippen LogP contribution in [0.5, 0.6) is 0 Å². The number of rotatable bonds is 2. The second-order valence-electron chi connectivity index (χ2n) is 6.21. The normalized spacial score (nSPS) is 18.7. The Hall–Kier alpha value is -2.38. The van der Waals surface area contributed by atoms with Crippen LogP contribution >= 0.6 is 34.5 Å². The highest BCUT2D eigenvalue weighted by molar-refractivity contribution is 7.15. The number of hydrogen-bond donors (Lipinski definition) is 2. The zero-order chi connectivity index (χ0) is 18.8. The SMILES string of the molecule is O=C1Nc2c(Cl)cc(Cl)cc2C1(O)c1c(-c2ccccc2)nc2sccn12. The van der Waals surface area contributed by atoms with Crippen LogP contribution < -0.4 is 5.32 Å². The zero-order valence-electron chi connectivity index (χ0n) is 13.6. The molecule has 0 aliphatic carbocycles. The standard InChI is InChI=1S/C19H11Cl2N3O2S/c20-11-8-12-15(13(21)9-11)22-17(25)19(12,26)16-14(10-4-2-1-3-5-10)23-18-24(16)6-7-27-18/h1-9,26H,(H,22,25). The Morgan fingerprint density at radius 1 is 1.19 bits per heavy atom. The summed E-state index contributed by atoms with van der Waals surface area (Å²) in [6.45, 7) is 0. The molecule has 2 aromatic heterocycles. The lowest BCUT2D eigenvalue weighted by molar-refractivity contribution is -0.130. The molecule has 5 nitrogen and oxygen atoms in total. The highest BCUT2D eigenvalue weighted by Crippen LogP contribution is 2.48. The number of carbonyl (C=O) groups excluding carboxylic acids is 1. The molecule has 0 radical (unpaired) electrons. The van der Waals surface area contributed by atoms with E-state index in [9.17, 15) is 9.90 Å². The topological polar surface area (TPSA) is 66.6 Å². The Bertz CT molecular complexity index is 1220. The van der Waals surface area contributed by atoms with Gasteiger partial charge in [0.2, 0.25) is 5.60 Å². The van der Waals surface area contributed by atoms with E-state index in [1.165, 1.54) is 17.4 Å². The van der Waals surface area contributed by atoms with Crippen molar-refractivity contribution >= 4 is 51.1 Å². The van der Waals surface area contributed by atoms with Crippen molar-refractivity contribution in [1.29, 1.82) is 0 Å². The molecule has 5 rings (SSSR count). The van der Waals surface area contributed by atoms with Crippen LogP contribution in [0, 0.1) is 0 Å². The molecule has 1 aliphatic heterocycles. The number of thiazole rings is 1. The van der Waals surface area contributed by atoms with Crippen LogP contribution in [0.3, 0.4) is 0 Å². The number of aromatic nitrogens is 2. The molecule has 0 saturated heterocycles. The Labute approximate surface area is 167 Å². The Morgan fingerprint density at radius 3 is 2.74 bits per heavy atom. The first-order valence-electron chi connectivity index (χ1n) is 8.05. The number of anilines is 1. The molecule has 1 amide bonds. The van der Waals surface area contributed by atoms with Crippen molar-refractivity contribution in [3.8, 4) is 11.3 Å². The molecular formula is C19H11Cl2N3O2S. The summed E-state index contributed by atoms with van der Waals surface area (Å²) >= 11 is 13.8. The lowest BCUT2D eigenvalue weighted by atomic mass is 9.89. The molecule has 4 aromatic rings. The summed E-state index contributed by atoms with van der Waals surface area (Å²) < 4.78 is 1.73. The first-order valence-corrected chi connectivity index (χ1v) is 9.68. The summed E-state index contributed by atoms with van der Waals surface area (Å²) in [4.78, 5) is 18.3. The third kappa shape index (κ3) is 2.28. The molecule has 2 N–H and O–H groups in total. The van der Waals surface area contributed by atoms with Gasteiger partial charge in [0.05, 0.1) is 22.1 Å². The van der Waals surface area contributed by atoms with Crippen molar-refractivity contribution in [3.63, 3.8) is 0 Å². The molecule has 1 aliphatic rings. The van der Waals surface area contributed by atoms with Gasteiger partial charge in [0, 0.05) is 27.7 Å². The molecule has 0 spiro atoms. The number of aliphatic hydroxyl groups is 1. The first kappa shape index (κ1) is 16.8. The van der Waals surface area contributed by atoms with Gasteiger partial charge in [-0.25, -0.2) is 4.98 Å². The van der Waals surface area contributed by atoms with Gasteiger partial charge < -0.3 is 10.4 Å². The molecule has 0 bridgehead atoms. The lowest BCUT2D eigenvalue weighted by Gasteiger charge is -2.22. The van der Waals surface area contributed by atoms with E-state index in [4.69, 9.17) is 23.2 Å². The van der Waals surface area contributed by atoms with Crippen LogP contribution in [0.25, 0.3) is 16.2 Å². The smallest absolute Gasteiger partial charge is 0.267 e. The predicted molar refractivity (Wildman–Crippen MR) is 107 cm³/mol. The number of fused-ring (bicyclic) bond motifs is 2. The van der Waals surface area contributed by atoms with E-state index >= 15 is 0 Å². The van der Waals surface area contributed by atoms with Gasteiger partial charge in [0.15, 0.2) is 4.96 Å².